The molecule has 4 heteroatoms. The van der Waals surface area contributed by atoms with Crippen molar-refractivity contribution in [1.29, 1.82) is 0 Å². The lowest BCUT2D eigenvalue weighted by molar-refractivity contribution is 0.0853. The first-order valence-electron chi connectivity index (χ1n) is 5.05. The topological polar surface area (TPSA) is 21.3 Å². The van der Waals surface area contributed by atoms with E-state index in [0.29, 0.717) is 11.6 Å². The van der Waals surface area contributed by atoms with Gasteiger partial charge < -0.3 is 8.27 Å². The van der Waals surface area contributed by atoms with Crippen molar-refractivity contribution in [2.75, 3.05) is 16.7 Å². The van der Waals surface area contributed by atoms with Crippen LogP contribution in [0.2, 0.25) is 0 Å². The molecule has 1 saturated heterocycles. The highest BCUT2D eigenvalue weighted by Crippen LogP contribution is 2.29. The molecule has 0 spiro atoms. The molecule has 1 heterocycles. The predicted octanol–water partition coefficient (Wildman–Crippen LogP) is 3.48. The highest BCUT2D eigenvalue weighted by Gasteiger charge is 2.16. The number of anilines is 1. The van der Waals surface area contributed by atoms with E-state index in [1.807, 2.05) is 28.9 Å². The summed E-state index contributed by atoms with van der Waals surface area (Å²) in [6.07, 6.45) is 1.99. The lowest BCUT2D eigenvalue weighted by atomic mass is 9.91. The third-order valence-electron chi connectivity index (χ3n) is 2.79. The van der Waals surface area contributed by atoms with Crippen LogP contribution in [0, 0.1) is 5.82 Å². The normalized spacial score (nSPS) is 17.7. The van der Waals surface area contributed by atoms with E-state index in [2.05, 4.69) is 3.53 Å². The van der Waals surface area contributed by atoms with Crippen molar-refractivity contribution in [3.63, 3.8) is 0 Å². The van der Waals surface area contributed by atoms with Gasteiger partial charge >= 0.3 is 0 Å². The van der Waals surface area contributed by atoms with Gasteiger partial charge in [0.15, 0.2) is 0 Å². The van der Waals surface area contributed by atoms with Crippen LogP contribution < -0.4 is 3.53 Å². The molecule has 0 aromatic heterocycles. The largest absolute Gasteiger partial charge is 0.381 e. The van der Waals surface area contributed by atoms with Crippen LogP contribution in [0.5, 0.6) is 0 Å². The summed E-state index contributed by atoms with van der Waals surface area (Å²) in [5.41, 5.74) is 1.64. The molecule has 0 radical (unpaired) electrons. The van der Waals surface area contributed by atoms with Crippen LogP contribution in [0.3, 0.4) is 0 Å². The second-order valence-corrected chi connectivity index (χ2v) is 4.26. The molecule has 2 rings (SSSR count). The van der Waals surface area contributed by atoms with Gasteiger partial charge in [-0.05, 0) is 36.5 Å². The molecule has 2 nitrogen and oxygen atoms in total. The van der Waals surface area contributed by atoms with E-state index in [1.165, 1.54) is 0 Å². The summed E-state index contributed by atoms with van der Waals surface area (Å²) in [4.78, 5) is 0. The molecule has 1 aliphatic heterocycles. The van der Waals surface area contributed by atoms with Crippen molar-refractivity contribution in [3.05, 3.63) is 29.6 Å². The zero-order valence-electron chi connectivity index (χ0n) is 8.30. The fraction of sp³-hybridized carbons (Fsp3) is 0.455. The molecule has 0 unspecified atom stereocenters. The predicted molar refractivity (Wildman–Crippen MR) is 66.8 cm³/mol. The van der Waals surface area contributed by atoms with E-state index in [9.17, 15) is 4.39 Å². The molecule has 0 aliphatic carbocycles. The second kappa shape index (κ2) is 5.12. The standard InChI is InChI=1S/C11H13FINO/c12-10-7-9(1-2-11(10)14-13)8-3-5-15-6-4-8/h1-2,7-8,14H,3-6H2. The van der Waals surface area contributed by atoms with Gasteiger partial charge in [-0.25, -0.2) is 4.39 Å². The lowest BCUT2D eigenvalue weighted by Gasteiger charge is -2.22. The maximum atomic E-state index is 13.5. The van der Waals surface area contributed by atoms with Crippen LogP contribution in [0.1, 0.15) is 24.3 Å². The number of nitrogens with one attached hydrogen (secondary N) is 1. The van der Waals surface area contributed by atoms with E-state index < -0.39 is 0 Å². The van der Waals surface area contributed by atoms with Gasteiger partial charge in [0.1, 0.15) is 5.82 Å². The molecule has 0 bridgehead atoms. The zero-order chi connectivity index (χ0) is 10.7. The lowest BCUT2D eigenvalue weighted by Crippen LogP contribution is -2.14. The second-order valence-electron chi connectivity index (χ2n) is 3.72. The highest BCUT2D eigenvalue weighted by molar-refractivity contribution is 14.1. The van der Waals surface area contributed by atoms with Crippen molar-refractivity contribution in [3.8, 4) is 0 Å². The minimum atomic E-state index is -0.173. The van der Waals surface area contributed by atoms with Gasteiger partial charge in [0, 0.05) is 13.2 Å². The Labute approximate surface area is 103 Å². The molecule has 15 heavy (non-hydrogen) atoms. The van der Waals surface area contributed by atoms with Gasteiger partial charge in [-0.3, -0.25) is 0 Å². The summed E-state index contributed by atoms with van der Waals surface area (Å²) in [7, 11) is 0. The molecular formula is C11H13FINO. The van der Waals surface area contributed by atoms with Crippen molar-refractivity contribution in [2.45, 2.75) is 18.8 Å². The van der Waals surface area contributed by atoms with Crippen molar-refractivity contribution in [1.82, 2.24) is 0 Å². The van der Waals surface area contributed by atoms with Gasteiger partial charge in [0.25, 0.3) is 0 Å². The van der Waals surface area contributed by atoms with Crippen molar-refractivity contribution < 1.29 is 9.13 Å². The number of ether oxygens (including phenoxy) is 1. The maximum absolute atomic E-state index is 13.5. The van der Waals surface area contributed by atoms with Crippen LogP contribution in [0.25, 0.3) is 0 Å². The fourth-order valence-corrected chi connectivity index (χ4v) is 2.33. The molecule has 1 aliphatic rings. The van der Waals surface area contributed by atoms with Gasteiger partial charge in [0.2, 0.25) is 0 Å². The quantitative estimate of drug-likeness (QED) is 0.665. The molecule has 1 N–H and O–H groups in total. The Bertz CT molecular complexity index is 339. The van der Waals surface area contributed by atoms with Crippen LogP contribution >= 0.6 is 22.9 Å². The minimum absolute atomic E-state index is 0.173. The molecule has 1 aromatic carbocycles. The van der Waals surface area contributed by atoms with Gasteiger partial charge in [-0.1, -0.05) is 6.07 Å². The number of hydrogen-bond acceptors (Lipinski definition) is 2. The fourth-order valence-electron chi connectivity index (χ4n) is 1.89. The van der Waals surface area contributed by atoms with Crippen LogP contribution in [-0.2, 0) is 4.74 Å². The average Bonchev–Trinajstić information content (AvgIpc) is 2.30. The van der Waals surface area contributed by atoms with Gasteiger partial charge in [-0.15, -0.1) is 0 Å². The smallest absolute Gasteiger partial charge is 0.147 e. The summed E-state index contributed by atoms with van der Waals surface area (Å²) in [6.45, 7) is 1.58. The average molecular weight is 321 g/mol. The first-order valence-corrected chi connectivity index (χ1v) is 6.13. The monoisotopic (exact) mass is 321 g/mol. The van der Waals surface area contributed by atoms with E-state index >= 15 is 0 Å². The Kier molecular flexibility index (Phi) is 3.80. The summed E-state index contributed by atoms with van der Waals surface area (Å²) < 4.78 is 21.6. The maximum Gasteiger partial charge on any atom is 0.147 e. The van der Waals surface area contributed by atoms with E-state index in [-0.39, 0.29) is 5.82 Å². The molecule has 1 fully saturated rings. The van der Waals surface area contributed by atoms with Crippen molar-refractivity contribution in [2.24, 2.45) is 0 Å². The highest BCUT2D eigenvalue weighted by atomic mass is 127. The molecule has 0 saturated carbocycles. The van der Waals surface area contributed by atoms with Gasteiger partial charge in [-0.2, -0.15) is 0 Å². The van der Waals surface area contributed by atoms with E-state index in [1.54, 1.807) is 12.1 Å². The molecule has 82 valence electrons. The number of hydrogen-bond donors (Lipinski definition) is 1. The minimum Gasteiger partial charge on any atom is -0.381 e. The van der Waals surface area contributed by atoms with E-state index in [4.69, 9.17) is 4.74 Å². The Morgan fingerprint density at radius 3 is 2.67 bits per heavy atom. The summed E-state index contributed by atoms with van der Waals surface area (Å²) >= 11 is 1.94. The first kappa shape index (κ1) is 11.1. The molecular weight excluding hydrogens is 308 g/mol. The SMILES string of the molecule is Fc1cc(C2CCOCC2)ccc1NI. The van der Waals surface area contributed by atoms with Crippen LogP contribution in [-0.4, -0.2) is 13.2 Å². The summed E-state index contributed by atoms with van der Waals surface area (Å²) in [5, 5.41) is 0. The number of rotatable bonds is 2. The third-order valence-corrected chi connectivity index (χ3v) is 3.37. The molecule has 0 amide bonds. The van der Waals surface area contributed by atoms with Crippen LogP contribution in [0.4, 0.5) is 10.1 Å². The Morgan fingerprint density at radius 2 is 2.07 bits per heavy atom. The Morgan fingerprint density at radius 1 is 1.33 bits per heavy atom. The number of halogens is 2. The molecule has 0 atom stereocenters. The Balaban J connectivity index is 2.17. The van der Waals surface area contributed by atoms with E-state index in [0.717, 1.165) is 31.6 Å². The first-order chi connectivity index (χ1) is 7.31. The zero-order valence-corrected chi connectivity index (χ0v) is 10.5. The van der Waals surface area contributed by atoms with Crippen molar-refractivity contribution >= 4 is 28.6 Å². The van der Waals surface area contributed by atoms with Gasteiger partial charge in [0.05, 0.1) is 28.6 Å². The third kappa shape index (κ3) is 2.60. The van der Waals surface area contributed by atoms with Crippen LogP contribution in [0.15, 0.2) is 18.2 Å². The summed E-state index contributed by atoms with van der Waals surface area (Å²) in [6, 6.07) is 5.43. The number of benzene rings is 1. The summed E-state index contributed by atoms with van der Waals surface area (Å²) in [5.74, 6) is 0.282. The Hall–Kier alpha value is -0.360. The molecule has 1 aromatic rings.